The van der Waals surface area contributed by atoms with Gasteiger partial charge in [-0.25, -0.2) is 4.98 Å². The number of nitrogens with zero attached hydrogens (tertiary/aromatic N) is 3. The predicted octanol–water partition coefficient (Wildman–Crippen LogP) is 5.54. The second-order valence-corrected chi connectivity index (χ2v) is 11.4. The number of pyridine rings is 1. The van der Waals surface area contributed by atoms with Crippen molar-refractivity contribution in [3.63, 3.8) is 0 Å². The highest BCUT2D eigenvalue weighted by Crippen LogP contribution is 2.33. The summed E-state index contributed by atoms with van der Waals surface area (Å²) in [6.45, 7) is 6.93. The van der Waals surface area contributed by atoms with Crippen molar-refractivity contribution >= 4 is 28.7 Å². The van der Waals surface area contributed by atoms with Crippen LogP contribution >= 0.6 is 0 Å². The molecule has 1 aromatic heterocycles. The second-order valence-electron chi connectivity index (χ2n) is 11.4. The molecule has 222 valence electrons. The van der Waals surface area contributed by atoms with E-state index in [0.717, 1.165) is 33.3 Å². The molecule has 2 N–H and O–H groups in total. The summed E-state index contributed by atoms with van der Waals surface area (Å²) < 4.78 is 0. The lowest BCUT2D eigenvalue weighted by atomic mass is 9.93. The maximum absolute atomic E-state index is 14.4. The SMILES string of the molecule is CC(C)[C@H](NC(=O)c1c(CN2CCN(C(=O)CCC(=O)O)CC2)c(-c2ccccc2)nc2ccccc12)c1ccccc1. The minimum absolute atomic E-state index is 0.00480. The quantitative estimate of drug-likeness (QED) is 0.256. The Morgan fingerprint density at radius 1 is 0.837 bits per heavy atom. The summed E-state index contributed by atoms with van der Waals surface area (Å²) in [5.41, 5.74) is 4.98. The topological polar surface area (TPSA) is 103 Å². The minimum Gasteiger partial charge on any atom is -0.481 e. The van der Waals surface area contributed by atoms with E-state index in [1.165, 1.54) is 0 Å². The number of hydrogen-bond donors (Lipinski definition) is 2. The predicted molar refractivity (Wildman–Crippen MR) is 167 cm³/mol. The number of rotatable bonds is 10. The van der Waals surface area contributed by atoms with E-state index in [1.807, 2.05) is 84.9 Å². The fraction of sp³-hybridized carbons (Fsp3) is 0.314. The van der Waals surface area contributed by atoms with Gasteiger partial charge in [-0.1, -0.05) is 92.7 Å². The molecule has 43 heavy (non-hydrogen) atoms. The number of nitrogens with one attached hydrogen (secondary N) is 1. The molecule has 0 bridgehead atoms. The number of aliphatic carboxylic acids is 1. The highest BCUT2D eigenvalue weighted by molar-refractivity contribution is 6.09. The molecule has 0 spiro atoms. The highest BCUT2D eigenvalue weighted by Gasteiger charge is 2.28. The summed E-state index contributed by atoms with van der Waals surface area (Å²) in [5, 5.41) is 13.1. The Kier molecular flexibility index (Phi) is 9.47. The fourth-order valence-electron chi connectivity index (χ4n) is 5.76. The lowest BCUT2D eigenvalue weighted by molar-refractivity contribution is -0.141. The summed E-state index contributed by atoms with van der Waals surface area (Å²) in [6.07, 6.45) is -0.161. The van der Waals surface area contributed by atoms with E-state index >= 15 is 0 Å². The molecule has 5 rings (SSSR count). The zero-order valence-corrected chi connectivity index (χ0v) is 24.7. The number of para-hydroxylation sites is 1. The number of fused-ring (bicyclic) bond motifs is 1. The lowest BCUT2D eigenvalue weighted by Crippen LogP contribution is -2.48. The largest absolute Gasteiger partial charge is 0.481 e. The molecule has 2 heterocycles. The third-order valence-corrected chi connectivity index (χ3v) is 8.04. The van der Waals surface area contributed by atoms with E-state index in [4.69, 9.17) is 10.1 Å². The number of carboxylic acids is 1. The van der Waals surface area contributed by atoms with Crippen molar-refractivity contribution in [3.05, 3.63) is 102 Å². The number of carbonyl (C=O) groups is 3. The van der Waals surface area contributed by atoms with Crippen molar-refractivity contribution < 1.29 is 19.5 Å². The van der Waals surface area contributed by atoms with E-state index in [0.29, 0.717) is 38.3 Å². The fourth-order valence-corrected chi connectivity index (χ4v) is 5.76. The van der Waals surface area contributed by atoms with Gasteiger partial charge in [-0.3, -0.25) is 19.3 Å². The van der Waals surface area contributed by atoms with Crippen LogP contribution in [0.25, 0.3) is 22.2 Å². The first-order valence-corrected chi connectivity index (χ1v) is 14.9. The van der Waals surface area contributed by atoms with Crippen LogP contribution in [-0.4, -0.2) is 63.9 Å². The normalized spacial score (nSPS) is 14.5. The molecular weight excluding hydrogens is 540 g/mol. The zero-order chi connectivity index (χ0) is 30.3. The van der Waals surface area contributed by atoms with Crippen LogP contribution in [0.3, 0.4) is 0 Å². The van der Waals surface area contributed by atoms with Gasteiger partial charge in [0.15, 0.2) is 0 Å². The van der Waals surface area contributed by atoms with Crippen LogP contribution in [-0.2, 0) is 16.1 Å². The van der Waals surface area contributed by atoms with Gasteiger partial charge in [-0.05, 0) is 17.5 Å². The van der Waals surface area contributed by atoms with E-state index in [1.54, 1.807) is 4.90 Å². The number of amides is 2. The Morgan fingerprint density at radius 2 is 1.47 bits per heavy atom. The van der Waals surface area contributed by atoms with Gasteiger partial charge in [-0.15, -0.1) is 0 Å². The summed E-state index contributed by atoms with van der Waals surface area (Å²) in [6, 6.07) is 27.6. The van der Waals surface area contributed by atoms with Gasteiger partial charge in [0.05, 0.1) is 29.2 Å². The average Bonchev–Trinajstić information content (AvgIpc) is 3.03. The number of carbonyl (C=O) groups excluding carboxylic acids is 2. The third-order valence-electron chi connectivity index (χ3n) is 8.04. The van der Waals surface area contributed by atoms with Gasteiger partial charge in [0.2, 0.25) is 5.91 Å². The van der Waals surface area contributed by atoms with Crippen molar-refractivity contribution in [1.29, 1.82) is 0 Å². The molecule has 8 nitrogen and oxygen atoms in total. The van der Waals surface area contributed by atoms with Crippen LogP contribution in [0.2, 0.25) is 0 Å². The van der Waals surface area contributed by atoms with Crippen molar-refractivity contribution in [1.82, 2.24) is 20.1 Å². The molecule has 0 aliphatic carbocycles. The lowest BCUT2D eigenvalue weighted by Gasteiger charge is -2.35. The summed E-state index contributed by atoms with van der Waals surface area (Å²) in [7, 11) is 0. The van der Waals surface area contributed by atoms with Gasteiger partial charge in [-0.2, -0.15) is 0 Å². The Morgan fingerprint density at radius 3 is 2.12 bits per heavy atom. The van der Waals surface area contributed by atoms with Gasteiger partial charge in [0, 0.05) is 55.7 Å². The summed E-state index contributed by atoms with van der Waals surface area (Å²) in [5.74, 6) is -1.08. The first kappa shape index (κ1) is 29.9. The maximum atomic E-state index is 14.4. The monoisotopic (exact) mass is 578 g/mol. The average molecular weight is 579 g/mol. The number of piperazine rings is 1. The minimum atomic E-state index is -0.970. The molecule has 0 saturated carbocycles. The first-order valence-electron chi connectivity index (χ1n) is 14.9. The molecule has 3 aromatic carbocycles. The molecule has 2 amide bonds. The van der Waals surface area contributed by atoms with Crippen LogP contribution in [0.15, 0.2) is 84.9 Å². The van der Waals surface area contributed by atoms with Crippen LogP contribution in [0, 0.1) is 5.92 Å². The van der Waals surface area contributed by atoms with Crippen molar-refractivity contribution in [3.8, 4) is 11.3 Å². The standard InChI is InChI=1S/C35H38N4O4/c1-24(2)33(25-11-5-3-6-12-25)37-35(43)32-27-15-9-10-16-29(27)36-34(26-13-7-4-8-14-26)28(32)23-38-19-21-39(22-20-38)30(40)17-18-31(41)42/h3-16,24,33H,17-23H2,1-2H3,(H,37,43)(H,41,42)/t33-/m0/s1. The molecule has 8 heteroatoms. The van der Waals surface area contributed by atoms with Gasteiger partial charge >= 0.3 is 5.97 Å². The molecule has 1 fully saturated rings. The molecule has 1 aliphatic heterocycles. The Hall–Kier alpha value is -4.56. The van der Waals surface area contributed by atoms with Crippen molar-refractivity contribution in [2.45, 2.75) is 39.3 Å². The first-order chi connectivity index (χ1) is 20.8. The van der Waals surface area contributed by atoms with E-state index in [2.05, 4.69) is 24.1 Å². The molecular formula is C35H38N4O4. The van der Waals surface area contributed by atoms with E-state index in [-0.39, 0.29) is 36.6 Å². The number of aromatic nitrogens is 1. The highest BCUT2D eigenvalue weighted by atomic mass is 16.4. The van der Waals surface area contributed by atoms with Crippen molar-refractivity contribution in [2.24, 2.45) is 5.92 Å². The van der Waals surface area contributed by atoms with Gasteiger partial charge in [0.25, 0.3) is 5.91 Å². The molecule has 1 atom stereocenters. The third kappa shape index (κ3) is 7.09. The molecule has 4 aromatic rings. The van der Waals surface area contributed by atoms with E-state index < -0.39 is 5.97 Å². The molecule has 1 aliphatic rings. The zero-order valence-electron chi connectivity index (χ0n) is 24.7. The van der Waals surface area contributed by atoms with Crippen molar-refractivity contribution in [2.75, 3.05) is 26.2 Å². The van der Waals surface area contributed by atoms with Crippen LogP contribution in [0.1, 0.15) is 54.2 Å². The van der Waals surface area contributed by atoms with Crippen LogP contribution < -0.4 is 5.32 Å². The summed E-state index contributed by atoms with van der Waals surface area (Å²) in [4.78, 5) is 47.0. The number of hydrogen-bond acceptors (Lipinski definition) is 5. The molecule has 1 saturated heterocycles. The Bertz CT molecular complexity index is 1580. The Labute approximate surface area is 252 Å². The van der Waals surface area contributed by atoms with Crippen LogP contribution in [0.4, 0.5) is 0 Å². The van der Waals surface area contributed by atoms with Gasteiger partial charge in [0.1, 0.15) is 0 Å². The van der Waals surface area contributed by atoms with Crippen LogP contribution in [0.5, 0.6) is 0 Å². The van der Waals surface area contributed by atoms with Gasteiger partial charge < -0.3 is 15.3 Å². The van der Waals surface area contributed by atoms with E-state index in [9.17, 15) is 14.4 Å². The Balaban J connectivity index is 1.52. The maximum Gasteiger partial charge on any atom is 0.303 e. The summed E-state index contributed by atoms with van der Waals surface area (Å²) >= 11 is 0. The molecule has 0 radical (unpaired) electrons. The second kappa shape index (κ2) is 13.6. The molecule has 0 unspecified atom stereocenters. The number of carboxylic acid groups (broad SMARTS) is 1. The number of benzene rings is 3. The smallest absolute Gasteiger partial charge is 0.303 e.